The lowest BCUT2D eigenvalue weighted by Crippen LogP contribution is -2.43. The molecule has 9 nitrogen and oxygen atoms in total. The van der Waals surface area contributed by atoms with Crippen molar-refractivity contribution in [2.75, 3.05) is 11.4 Å². The Bertz CT molecular complexity index is 1840. The van der Waals surface area contributed by atoms with Gasteiger partial charge in [-0.05, 0) is 63.4 Å². The molecule has 45 heavy (non-hydrogen) atoms. The fourth-order valence-electron chi connectivity index (χ4n) is 5.80. The summed E-state index contributed by atoms with van der Waals surface area (Å²) in [5, 5.41) is 12.0. The monoisotopic (exact) mass is 631 g/mol. The molecule has 0 unspecified atom stereocenters. The first-order valence-electron chi connectivity index (χ1n) is 14.2. The average Bonchev–Trinajstić information content (AvgIpc) is 3.46. The van der Waals surface area contributed by atoms with Gasteiger partial charge in [0.05, 0.1) is 11.1 Å². The van der Waals surface area contributed by atoms with E-state index in [2.05, 4.69) is 10.3 Å². The number of carboxylic acid groups (broad SMARTS) is 1. The summed E-state index contributed by atoms with van der Waals surface area (Å²) in [6, 6.07) is 3.85. The highest BCUT2D eigenvalue weighted by atomic mass is 19.4. The summed E-state index contributed by atoms with van der Waals surface area (Å²) in [4.78, 5) is 44.2. The molecule has 0 bridgehead atoms. The summed E-state index contributed by atoms with van der Waals surface area (Å²) in [6.07, 6.45) is 0.0298. The number of anilines is 1. The van der Waals surface area contributed by atoms with Gasteiger partial charge in [0.1, 0.15) is 28.9 Å². The SMILES string of the molecule is Cc1cc(C(F)(F)F)c(-c2ccc(C[C@H](NC(=O)c3c(F)cc(N4CCCC[C@@H]4C)cc3F)C(=O)O)n3ccnc23)c(=O)n1C. The molecule has 5 rings (SSSR count). The number of benzene rings is 1. The number of hydrogen-bond acceptors (Lipinski definition) is 5. The Hall–Kier alpha value is -4.75. The largest absolute Gasteiger partial charge is 0.480 e. The maximum Gasteiger partial charge on any atom is 0.417 e. The number of carboxylic acids is 1. The van der Waals surface area contributed by atoms with Crippen LogP contribution >= 0.6 is 0 Å². The van der Waals surface area contributed by atoms with Crippen molar-refractivity contribution in [3.05, 3.63) is 87.2 Å². The lowest BCUT2D eigenvalue weighted by atomic mass is 9.99. The number of nitrogens with one attached hydrogen (secondary N) is 1. The molecule has 4 heterocycles. The van der Waals surface area contributed by atoms with Crippen molar-refractivity contribution in [1.29, 1.82) is 0 Å². The molecule has 1 saturated heterocycles. The van der Waals surface area contributed by atoms with Crippen molar-refractivity contribution in [1.82, 2.24) is 19.3 Å². The second kappa shape index (κ2) is 12.0. The van der Waals surface area contributed by atoms with Gasteiger partial charge in [0, 0.05) is 61.1 Å². The standard InChI is InChI=1S/C31H30F5N5O4/c1-16-6-4-5-10-40(16)19-13-22(32)26(23(33)14-19)28(42)38-24(30(44)45)15-18-7-8-20(27-37-9-11-41(18)27)25-21(31(34,35)36)12-17(2)39(3)29(25)43/h7-9,11-14,16,24H,4-6,10,15H2,1-3H3,(H,38,42)(H,44,45)/t16-,24-/m0/s1. The highest BCUT2D eigenvalue weighted by Gasteiger charge is 2.37. The van der Waals surface area contributed by atoms with E-state index in [1.807, 2.05) is 11.8 Å². The molecule has 238 valence electrons. The van der Waals surface area contributed by atoms with E-state index in [1.165, 1.54) is 42.9 Å². The van der Waals surface area contributed by atoms with E-state index in [9.17, 15) is 32.7 Å². The second-order valence-electron chi connectivity index (χ2n) is 11.2. The van der Waals surface area contributed by atoms with Crippen LogP contribution in [0, 0.1) is 18.6 Å². The van der Waals surface area contributed by atoms with Crippen LogP contribution in [0.1, 0.15) is 53.5 Å². The number of aromatic nitrogens is 3. The summed E-state index contributed by atoms with van der Waals surface area (Å²) in [5.41, 5.74) is -3.26. The maximum absolute atomic E-state index is 15.1. The quantitative estimate of drug-likeness (QED) is 0.275. The van der Waals surface area contributed by atoms with Crippen LogP contribution in [0.15, 0.2) is 47.5 Å². The van der Waals surface area contributed by atoms with Gasteiger partial charge in [-0.3, -0.25) is 9.59 Å². The zero-order valence-corrected chi connectivity index (χ0v) is 24.6. The van der Waals surface area contributed by atoms with Gasteiger partial charge < -0.3 is 24.3 Å². The molecule has 2 atom stereocenters. The Labute approximate surface area is 253 Å². The van der Waals surface area contributed by atoms with Crippen LogP contribution in [0.5, 0.6) is 0 Å². The van der Waals surface area contributed by atoms with Crippen LogP contribution in [-0.4, -0.2) is 49.6 Å². The Morgan fingerprint density at radius 2 is 1.82 bits per heavy atom. The molecular weight excluding hydrogens is 601 g/mol. The third kappa shape index (κ3) is 6.00. The van der Waals surface area contributed by atoms with E-state index in [0.29, 0.717) is 6.54 Å². The molecule has 1 fully saturated rings. The summed E-state index contributed by atoms with van der Waals surface area (Å²) < 4.78 is 74.6. The predicted octanol–water partition coefficient (Wildman–Crippen LogP) is 5.11. The first-order valence-corrected chi connectivity index (χ1v) is 14.2. The lowest BCUT2D eigenvalue weighted by molar-refractivity contribution is -0.139. The first-order chi connectivity index (χ1) is 21.2. The minimum absolute atomic E-state index is 0.0501. The maximum atomic E-state index is 15.1. The van der Waals surface area contributed by atoms with Crippen molar-refractivity contribution in [3.63, 3.8) is 0 Å². The van der Waals surface area contributed by atoms with Gasteiger partial charge in [-0.25, -0.2) is 18.6 Å². The van der Waals surface area contributed by atoms with Crippen LogP contribution in [0.25, 0.3) is 16.8 Å². The van der Waals surface area contributed by atoms with Crippen LogP contribution in [0.2, 0.25) is 0 Å². The van der Waals surface area contributed by atoms with E-state index in [1.54, 1.807) is 0 Å². The van der Waals surface area contributed by atoms with Gasteiger partial charge in [0.25, 0.3) is 11.5 Å². The summed E-state index contributed by atoms with van der Waals surface area (Å²) in [5.74, 6) is -5.10. The van der Waals surface area contributed by atoms with Crippen molar-refractivity contribution in [2.45, 2.75) is 57.8 Å². The minimum Gasteiger partial charge on any atom is -0.480 e. The topological polar surface area (TPSA) is 109 Å². The Morgan fingerprint density at radius 3 is 2.44 bits per heavy atom. The number of aryl methyl sites for hydroxylation is 1. The number of pyridine rings is 2. The summed E-state index contributed by atoms with van der Waals surface area (Å²) >= 11 is 0. The third-order valence-corrected chi connectivity index (χ3v) is 8.28. The fourth-order valence-corrected chi connectivity index (χ4v) is 5.80. The van der Waals surface area contributed by atoms with Crippen molar-refractivity contribution >= 4 is 23.2 Å². The molecule has 0 aliphatic carbocycles. The Kier molecular flexibility index (Phi) is 8.43. The predicted molar refractivity (Wildman–Crippen MR) is 155 cm³/mol. The van der Waals surface area contributed by atoms with Crippen LogP contribution in [0.3, 0.4) is 0 Å². The summed E-state index contributed by atoms with van der Waals surface area (Å²) in [7, 11) is 1.34. The molecule has 1 amide bonds. The molecule has 14 heteroatoms. The van der Waals surface area contributed by atoms with E-state index >= 15 is 8.78 Å². The number of aliphatic carboxylic acids is 1. The first kappa shape index (κ1) is 31.7. The molecule has 4 aromatic rings. The van der Waals surface area contributed by atoms with Crippen molar-refractivity contribution in [3.8, 4) is 11.1 Å². The number of carbonyl (C=O) groups is 2. The van der Waals surface area contributed by atoms with Gasteiger partial charge in [-0.2, -0.15) is 13.2 Å². The smallest absolute Gasteiger partial charge is 0.417 e. The number of fused-ring (bicyclic) bond motifs is 1. The van der Waals surface area contributed by atoms with Gasteiger partial charge >= 0.3 is 12.1 Å². The van der Waals surface area contributed by atoms with Crippen molar-refractivity contribution in [2.24, 2.45) is 7.05 Å². The van der Waals surface area contributed by atoms with E-state index in [-0.39, 0.29) is 34.3 Å². The average molecular weight is 632 g/mol. The van der Waals surface area contributed by atoms with Crippen LogP contribution in [-0.2, 0) is 24.4 Å². The van der Waals surface area contributed by atoms with Gasteiger partial charge in [0.15, 0.2) is 0 Å². The second-order valence-corrected chi connectivity index (χ2v) is 11.2. The van der Waals surface area contributed by atoms with E-state index in [4.69, 9.17) is 0 Å². The third-order valence-electron chi connectivity index (χ3n) is 8.28. The lowest BCUT2D eigenvalue weighted by Gasteiger charge is -2.35. The van der Waals surface area contributed by atoms with Gasteiger partial charge in [-0.1, -0.05) is 0 Å². The summed E-state index contributed by atoms with van der Waals surface area (Å²) in [6.45, 7) is 3.91. The molecule has 1 aliphatic rings. The highest BCUT2D eigenvalue weighted by Crippen LogP contribution is 2.37. The Balaban J connectivity index is 1.47. The van der Waals surface area contributed by atoms with E-state index < -0.39 is 64.4 Å². The highest BCUT2D eigenvalue weighted by molar-refractivity contribution is 5.97. The normalized spacial score (nSPS) is 16.2. The molecule has 1 aliphatic heterocycles. The molecule has 2 N–H and O–H groups in total. The molecule has 0 radical (unpaired) electrons. The minimum atomic E-state index is -4.86. The number of rotatable bonds is 7. The molecule has 1 aromatic carbocycles. The number of alkyl halides is 3. The number of piperidine rings is 1. The molecule has 0 saturated carbocycles. The zero-order valence-electron chi connectivity index (χ0n) is 24.6. The number of nitrogens with zero attached hydrogens (tertiary/aromatic N) is 4. The van der Waals surface area contributed by atoms with Crippen LogP contribution in [0.4, 0.5) is 27.6 Å². The molecular formula is C31H30F5N5O4. The fraction of sp³-hybridized carbons (Fsp3) is 0.355. The van der Waals surface area contributed by atoms with Crippen molar-refractivity contribution < 1.29 is 36.6 Å². The number of hydrogen-bond donors (Lipinski definition) is 2. The number of amides is 1. The Morgan fingerprint density at radius 1 is 1.13 bits per heavy atom. The number of halogens is 5. The van der Waals surface area contributed by atoms with Gasteiger partial charge in [-0.15, -0.1) is 0 Å². The van der Waals surface area contributed by atoms with E-state index in [0.717, 1.165) is 42.0 Å². The molecule has 0 spiro atoms. The molecule has 3 aromatic heterocycles. The van der Waals surface area contributed by atoms with Gasteiger partial charge in [0.2, 0.25) is 0 Å². The number of imidazole rings is 1. The van der Waals surface area contributed by atoms with Crippen LogP contribution < -0.4 is 15.8 Å². The zero-order chi connectivity index (χ0) is 32.8. The number of carbonyl (C=O) groups excluding carboxylic acids is 1.